The Kier molecular flexibility index (Phi) is 5.15. The molecule has 0 aromatic carbocycles. The van der Waals surface area contributed by atoms with Crippen LogP contribution in [-0.4, -0.2) is 52.4 Å². The fourth-order valence-corrected chi connectivity index (χ4v) is 2.79. The summed E-state index contributed by atoms with van der Waals surface area (Å²) >= 11 is 0. The van der Waals surface area contributed by atoms with Crippen molar-refractivity contribution in [3.8, 4) is 0 Å². The number of alkyl halides is 6. The number of carbonyl (C=O) groups is 1. The number of likely N-dealkylation sites (N-methyl/N-ethyl adjacent to an activating group) is 2. The first-order chi connectivity index (χ1) is 13.4. The molecule has 0 aliphatic heterocycles. The number of halogens is 6. The van der Waals surface area contributed by atoms with Gasteiger partial charge in [-0.2, -0.15) is 26.3 Å². The summed E-state index contributed by atoms with van der Waals surface area (Å²) in [6, 6.07) is 2.16. The van der Waals surface area contributed by atoms with Gasteiger partial charge in [0.2, 0.25) is 0 Å². The summed E-state index contributed by atoms with van der Waals surface area (Å²) in [5.74, 6) is -0.528. The standard InChI is InChI=1S/C17H15F6N5O/c1-24-5-6-27(2)15(29)11-8-28-13(25-11)4-3-9-10(16(18,19)20)7-12(17(21,22)23)26-14(9)28/h3-4,7-8,24H,5-6H2,1-2H3. The summed E-state index contributed by atoms with van der Waals surface area (Å²) in [6.07, 6.45) is -9.02. The van der Waals surface area contributed by atoms with E-state index in [9.17, 15) is 31.1 Å². The second-order valence-corrected chi connectivity index (χ2v) is 6.31. The van der Waals surface area contributed by atoms with Crippen molar-refractivity contribution in [3.63, 3.8) is 0 Å². The van der Waals surface area contributed by atoms with Gasteiger partial charge in [-0.05, 0) is 25.2 Å². The Balaban J connectivity index is 2.23. The van der Waals surface area contributed by atoms with Crippen LogP contribution in [0.5, 0.6) is 0 Å². The Bertz CT molecular complexity index is 1070. The van der Waals surface area contributed by atoms with E-state index in [2.05, 4.69) is 15.3 Å². The zero-order chi connectivity index (χ0) is 21.6. The summed E-state index contributed by atoms with van der Waals surface area (Å²) in [7, 11) is 3.20. The van der Waals surface area contributed by atoms with Crippen LogP contribution in [0, 0.1) is 0 Å². The van der Waals surface area contributed by atoms with Crippen molar-refractivity contribution in [2.24, 2.45) is 0 Å². The maximum atomic E-state index is 13.4. The van der Waals surface area contributed by atoms with Crippen molar-refractivity contribution >= 4 is 22.6 Å². The highest BCUT2D eigenvalue weighted by atomic mass is 19.4. The third-order valence-electron chi connectivity index (χ3n) is 4.26. The highest BCUT2D eigenvalue weighted by Gasteiger charge is 2.39. The Hall–Kier alpha value is -2.89. The van der Waals surface area contributed by atoms with Crippen LogP contribution in [0.1, 0.15) is 21.7 Å². The maximum Gasteiger partial charge on any atom is 0.433 e. The molecule has 1 amide bonds. The molecule has 0 unspecified atom stereocenters. The normalized spacial score (nSPS) is 12.7. The lowest BCUT2D eigenvalue weighted by molar-refractivity contribution is -0.144. The number of hydrogen-bond acceptors (Lipinski definition) is 4. The molecule has 0 aliphatic rings. The van der Waals surface area contributed by atoms with E-state index in [1.165, 1.54) is 18.0 Å². The molecule has 0 fully saturated rings. The molecule has 1 N–H and O–H groups in total. The molecule has 3 rings (SSSR count). The predicted octanol–water partition coefficient (Wildman–Crippen LogP) is 3.21. The van der Waals surface area contributed by atoms with Crippen LogP contribution in [-0.2, 0) is 12.4 Å². The lowest BCUT2D eigenvalue weighted by atomic mass is 10.1. The van der Waals surface area contributed by atoms with E-state index in [4.69, 9.17) is 0 Å². The molecule has 0 saturated heterocycles. The van der Waals surface area contributed by atoms with Crippen molar-refractivity contribution in [2.75, 3.05) is 27.2 Å². The van der Waals surface area contributed by atoms with Gasteiger partial charge in [0.25, 0.3) is 5.91 Å². The number of nitrogens with zero attached hydrogens (tertiary/aromatic N) is 4. The molecule has 0 radical (unpaired) electrons. The average Bonchev–Trinajstić information content (AvgIpc) is 3.07. The molecular weight excluding hydrogens is 404 g/mol. The Morgan fingerprint density at radius 1 is 1.14 bits per heavy atom. The summed E-state index contributed by atoms with van der Waals surface area (Å²) < 4.78 is 80.4. The number of fused-ring (bicyclic) bond motifs is 3. The second kappa shape index (κ2) is 7.17. The summed E-state index contributed by atoms with van der Waals surface area (Å²) in [5.41, 5.74) is -3.86. The minimum Gasteiger partial charge on any atom is -0.339 e. The number of amides is 1. The maximum absolute atomic E-state index is 13.4. The molecule has 3 heterocycles. The van der Waals surface area contributed by atoms with Crippen molar-refractivity contribution in [3.05, 3.63) is 41.3 Å². The lowest BCUT2D eigenvalue weighted by Crippen LogP contribution is -2.32. The summed E-state index contributed by atoms with van der Waals surface area (Å²) in [5, 5.41) is 2.32. The van der Waals surface area contributed by atoms with Crippen LogP contribution in [0.25, 0.3) is 16.7 Å². The first-order valence-electron chi connectivity index (χ1n) is 8.31. The van der Waals surface area contributed by atoms with Gasteiger partial charge in [0.1, 0.15) is 22.7 Å². The summed E-state index contributed by atoms with van der Waals surface area (Å²) in [6.45, 7) is 0.822. The number of carbonyl (C=O) groups excluding carboxylic acids is 1. The van der Waals surface area contributed by atoms with Crippen molar-refractivity contribution in [1.29, 1.82) is 0 Å². The van der Waals surface area contributed by atoms with Crippen LogP contribution >= 0.6 is 0 Å². The van der Waals surface area contributed by atoms with Gasteiger partial charge in [-0.25, -0.2) is 9.97 Å². The molecular formula is C17H15F6N5O. The molecule has 0 atom stereocenters. The molecule has 156 valence electrons. The van der Waals surface area contributed by atoms with Crippen LogP contribution in [0.2, 0.25) is 0 Å². The fraction of sp³-hybridized carbons (Fsp3) is 0.353. The second-order valence-electron chi connectivity index (χ2n) is 6.31. The molecule has 3 aromatic rings. The van der Waals surface area contributed by atoms with Crippen molar-refractivity contribution in [2.45, 2.75) is 12.4 Å². The predicted molar refractivity (Wildman–Crippen MR) is 91.4 cm³/mol. The first kappa shape index (κ1) is 20.8. The highest BCUT2D eigenvalue weighted by molar-refractivity contribution is 5.93. The monoisotopic (exact) mass is 419 g/mol. The number of hydrogen-bond donors (Lipinski definition) is 1. The zero-order valence-electron chi connectivity index (χ0n) is 15.2. The molecule has 12 heteroatoms. The molecule has 0 aliphatic carbocycles. The van der Waals surface area contributed by atoms with Gasteiger partial charge in [0.05, 0.1) is 5.56 Å². The number of nitrogens with one attached hydrogen (secondary N) is 1. The topological polar surface area (TPSA) is 62.5 Å². The van der Waals surface area contributed by atoms with E-state index in [0.29, 0.717) is 13.1 Å². The van der Waals surface area contributed by atoms with E-state index in [0.717, 1.165) is 16.7 Å². The SMILES string of the molecule is CNCCN(C)C(=O)c1cn2c(ccc3c(C(F)(F)F)cc(C(F)(F)F)nc32)n1. The van der Waals surface area contributed by atoms with Crippen LogP contribution in [0.4, 0.5) is 26.3 Å². The van der Waals surface area contributed by atoms with E-state index in [1.807, 2.05) is 0 Å². The van der Waals surface area contributed by atoms with Gasteiger partial charge in [-0.3, -0.25) is 9.20 Å². The van der Waals surface area contributed by atoms with Gasteiger partial charge >= 0.3 is 12.4 Å². The van der Waals surface area contributed by atoms with Gasteiger partial charge in [0.15, 0.2) is 0 Å². The Morgan fingerprint density at radius 3 is 2.41 bits per heavy atom. The largest absolute Gasteiger partial charge is 0.433 e. The Labute approximate surface area is 160 Å². The van der Waals surface area contributed by atoms with Gasteiger partial charge < -0.3 is 10.2 Å². The van der Waals surface area contributed by atoms with Crippen molar-refractivity contribution in [1.82, 2.24) is 24.6 Å². The Morgan fingerprint density at radius 2 is 1.83 bits per heavy atom. The van der Waals surface area contributed by atoms with Gasteiger partial charge in [-0.1, -0.05) is 0 Å². The van der Waals surface area contributed by atoms with Crippen LogP contribution in [0.3, 0.4) is 0 Å². The third kappa shape index (κ3) is 3.97. The summed E-state index contributed by atoms with van der Waals surface area (Å²) in [4.78, 5) is 21.2. The molecule has 29 heavy (non-hydrogen) atoms. The van der Waals surface area contributed by atoms with Crippen LogP contribution < -0.4 is 5.32 Å². The van der Waals surface area contributed by atoms with Gasteiger partial charge in [0, 0.05) is 31.7 Å². The van der Waals surface area contributed by atoms with Gasteiger partial charge in [-0.15, -0.1) is 0 Å². The first-order valence-corrected chi connectivity index (χ1v) is 8.31. The van der Waals surface area contributed by atoms with E-state index in [1.54, 1.807) is 7.05 Å². The van der Waals surface area contributed by atoms with Crippen LogP contribution in [0.15, 0.2) is 24.4 Å². The van der Waals surface area contributed by atoms with E-state index in [-0.39, 0.29) is 17.4 Å². The highest BCUT2D eigenvalue weighted by Crippen LogP contribution is 2.38. The third-order valence-corrected chi connectivity index (χ3v) is 4.26. The van der Waals surface area contributed by atoms with E-state index < -0.39 is 40.6 Å². The molecule has 3 aromatic heterocycles. The molecule has 6 nitrogen and oxygen atoms in total. The smallest absolute Gasteiger partial charge is 0.339 e. The quantitative estimate of drug-likeness (QED) is 0.660. The molecule has 0 bridgehead atoms. The number of pyridine rings is 2. The fourth-order valence-electron chi connectivity index (χ4n) is 2.79. The van der Waals surface area contributed by atoms with Crippen molar-refractivity contribution < 1.29 is 31.1 Å². The van der Waals surface area contributed by atoms with E-state index >= 15 is 0 Å². The molecule has 0 saturated carbocycles. The zero-order valence-corrected chi connectivity index (χ0v) is 15.2. The number of rotatable bonds is 4. The average molecular weight is 419 g/mol. The molecule has 0 spiro atoms. The minimum atomic E-state index is -5.08. The number of aromatic nitrogens is 3. The minimum absolute atomic E-state index is 0.00261. The number of imidazole rings is 1. The lowest BCUT2D eigenvalue weighted by Gasteiger charge is -2.15.